The van der Waals surface area contributed by atoms with E-state index in [1.165, 1.54) is 0 Å². The second kappa shape index (κ2) is 5.64. The molecule has 2 aromatic carbocycles. The summed E-state index contributed by atoms with van der Waals surface area (Å²) in [6.45, 7) is 0.708. The van der Waals surface area contributed by atoms with Gasteiger partial charge in [-0.05, 0) is 28.1 Å². The Labute approximate surface area is 133 Å². The summed E-state index contributed by atoms with van der Waals surface area (Å²) in [5.41, 5.74) is 3.02. The number of tetrazole rings is 1. The maximum absolute atomic E-state index is 11.3. The number of benzene rings is 2. The summed E-state index contributed by atoms with van der Waals surface area (Å²) in [4.78, 5) is 11.3. The van der Waals surface area contributed by atoms with Gasteiger partial charge in [0.15, 0.2) is 5.82 Å². The van der Waals surface area contributed by atoms with Crippen molar-refractivity contribution >= 4 is 5.91 Å². The molecular formula is C17H15N5O. The summed E-state index contributed by atoms with van der Waals surface area (Å²) in [6, 6.07) is 17.9. The zero-order valence-electron chi connectivity index (χ0n) is 12.4. The lowest BCUT2D eigenvalue weighted by Gasteiger charge is -2.09. The molecule has 0 radical (unpaired) electrons. The molecular weight excluding hydrogens is 290 g/mol. The van der Waals surface area contributed by atoms with E-state index in [1.54, 1.807) is 4.68 Å². The van der Waals surface area contributed by atoms with Crippen LogP contribution in [0.5, 0.6) is 0 Å². The third-order valence-electron chi connectivity index (χ3n) is 4.09. The molecule has 23 heavy (non-hydrogen) atoms. The number of hydrogen-bond donors (Lipinski definition) is 1. The Bertz CT molecular complexity index is 826. The summed E-state index contributed by atoms with van der Waals surface area (Å²) in [5.74, 6) is 1.07. The van der Waals surface area contributed by atoms with Gasteiger partial charge in [0.05, 0.1) is 5.69 Å². The standard InChI is InChI=1S/C17H15N5O/c23-16-10-14(11-18-16)12-6-8-13(9-7-12)17-19-20-21-22(17)15-4-2-1-3-5-15/h1-9,14H,10-11H2,(H,18,23). The highest BCUT2D eigenvalue weighted by Gasteiger charge is 2.23. The van der Waals surface area contributed by atoms with E-state index in [9.17, 15) is 4.79 Å². The van der Waals surface area contributed by atoms with Crippen LogP contribution in [-0.4, -0.2) is 32.7 Å². The zero-order valence-corrected chi connectivity index (χ0v) is 12.4. The Balaban J connectivity index is 1.65. The fraction of sp³-hybridized carbons (Fsp3) is 0.176. The van der Waals surface area contributed by atoms with E-state index in [4.69, 9.17) is 0 Å². The highest BCUT2D eigenvalue weighted by molar-refractivity contribution is 5.79. The van der Waals surface area contributed by atoms with Crippen LogP contribution in [0.2, 0.25) is 0 Å². The number of aromatic nitrogens is 4. The Hall–Kier alpha value is -3.02. The van der Waals surface area contributed by atoms with E-state index in [-0.39, 0.29) is 11.8 Å². The smallest absolute Gasteiger partial charge is 0.220 e. The minimum Gasteiger partial charge on any atom is -0.355 e. The third kappa shape index (κ3) is 2.59. The maximum Gasteiger partial charge on any atom is 0.220 e. The fourth-order valence-electron chi connectivity index (χ4n) is 2.86. The van der Waals surface area contributed by atoms with Crippen molar-refractivity contribution in [3.8, 4) is 17.1 Å². The van der Waals surface area contributed by atoms with Crippen molar-refractivity contribution < 1.29 is 4.79 Å². The molecule has 1 saturated heterocycles. The number of carbonyl (C=O) groups is 1. The van der Waals surface area contributed by atoms with E-state index in [0.717, 1.165) is 16.8 Å². The Morgan fingerprint density at radius 2 is 1.83 bits per heavy atom. The number of nitrogens with one attached hydrogen (secondary N) is 1. The van der Waals surface area contributed by atoms with Gasteiger partial charge in [0.1, 0.15) is 0 Å². The molecule has 1 unspecified atom stereocenters. The van der Waals surface area contributed by atoms with Gasteiger partial charge in [-0.2, -0.15) is 4.68 Å². The van der Waals surface area contributed by atoms with Gasteiger partial charge in [0.25, 0.3) is 0 Å². The van der Waals surface area contributed by atoms with Crippen molar-refractivity contribution in [2.75, 3.05) is 6.54 Å². The average molecular weight is 305 g/mol. The first-order valence-electron chi connectivity index (χ1n) is 7.52. The number of carbonyl (C=O) groups excluding carboxylic acids is 1. The van der Waals surface area contributed by atoms with Crippen LogP contribution in [-0.2, 0) is 4.79 Å². The first kappa shape index (κ1) is 13.6. The van der Waals surface area contributed by atoms with Crippen LogP contribution in [0.3, 0.4) is 0 Å². The Morgan fingerprint density at radius 3 is 2.52 bits per heavy atom. The SMILES string of the molecule is O=C1CC(c2ccc(-c3nnnn3-c3ccccc3)cc2)CN1. The third-order valence-corrected chi connectivity index (χ3v) is 4.09. The fourth-order valence-corrected chi connectivity index (χ4v) is 2.86. The van der Waals surface area contributed by atoms with Crippen LogP contribution in [0.25, 0.3) is 17.1 Å². The molecule has 0 bridgehead atoms. The van der Waals surface area contributed by atoms with Crippen molar-refractivity contribution in [2.24, 2.45) is 0 Å². The minimum absolute atomic E-state index is 0.118. The predicted octanol–water partition coefficient (Wildman–Crippen LogP) is 1.93. The Kier molecular flexibility index (Phi) is 3.34. The lowest BCUT2D eigenvalue weighted by Crippen LogP contribution is -2.13. The summed E-state index contributed by atoms with van der Waals surface area (Å²) in [7, 11) is 0. The number of hydrogen-bond acceptors (Lipinski definition) is 4. The van der Waals surface area contributed by atoms with E-state index >= 15 is 0 Å². The zero-order chi connectivity index (χ0) is 15.6. The van der Waals surface area contributed by atoms with Crippen LogP contribution < -0.4 is 5.32 Å². The molecule has 1 fully saturated rings. The van der Waals surface area contributed by atoms with Crippen LogP contribution >= 0.6 is 0 Å². The summed E-state index contributed by atoms with van der Waals surface area (Å²) in [6.07, 6.45) is 0.557. The normalized spacial score (nSPS) is 17.2. The van der Waals surface area contributed by atoms with Crippen LogP contribution in [0.4, 0.5) is 0 Å². The first-order valence-corrected chi connectivity index (χ1v) is 7.52. The molecule has 1 N–H and O–H groups in total. The molecule has 1 aliphatic heterocycles. The first-order chi connectivity index (χ1) is 11.3. The summed E-state index contributed by atoms with van der Waals surface area (Å²) >= 11 is 0. The molecule has 1 atom stereocenters. The minimum atomic E-state index is 0.118. The van der Waals surface area contributed by atoms with Crippen LogP contribution in [0.15, 0.2) is 54.6 Å². The van der Waals surface area contributed by atoms with E-state index in [0.29, 0.717) is 18.8 Å². The van der Waals surface area contributed by atoms with Crippen molar-refractivity contribution in [1.29, 1.82) is 0 Å². The highest BCUT2D eigenvalue weighted by atomic mass is 16.1. The maximum atomic E-state index is 11.3. The van der Waals surface area contributed by atoms with Crippen LogP contribution in [0, 0.1) is 0 Å². The molecule has 4 rings (SSSR count). The van der Waals surface area contributed by atoms with E-state index < -0.39 is 0 Å². The second-order valence-electron chi connectivity index (χ2n) is 5.58. The van der Waals surface area contributed by atoms with Gasteiger partial charge in [-0.15, -0.1) is 5.10 Å². The largest absolute Gasteiger partial charge is 0.355 e. The quantitative estimate of drug-likeness (QED) is 0.802. The predicted molar refractivity (Wildman–Crippen MR) is 85.0 cm³/mol. The molecule has 1 amide bonds. The molecule has 3 aromatic rings. The molecule has 0 saturated carbocycles. The second-order valence-corrected chi connectivity index (χ2v) is 5.58. The van der Waals surface area contributed by atoms with Gasteiger partial charge < -0.3 is 5.32 Å². The molecule has 114 valence electrons. The van der Waals surface area contributed by atoms with Gasteiger partial charge >= 0.3 is 0 Å². The van der Waals surface area contributed by atoms with Gasteiger partial charge in [0, 0.05) is 24.4 Å². The molecule has 6 nitrogen and oxygen atoms in total. The lowest BCUT2D eigenvalue weighted by molar-refractivity contribution is -0.119. The molecule has 0 aliphatic carbocycles. The van der Waals surface area contributed by atoms with Crippen LogP contribution in [0.1, 0.15) is 17.9 Å². The van der Waals surface area contributed by atoms with Gasteiger partial charge in [0.2, 0.25) is 5.91 Å². The Morgan fingerprint density at radius 1 is 1.04 bits per heavy atom. The van der Waals surface area contributed by atoms with Gasteiger partial charge in [-0.1, -0.05) is 42.5 Å². The molecule has 6 heteroatoms. The molecule has 1 aliphatic rings. The topological polar surface area (TPSA) is 72.7 Å². The van der Waals surface area contributed by atoms with Gasteiger partial charge in [-0.25, -0.2) is 0 Å². The average Bonchev–Trinajstić information content (AvgIpc) is 3.25. The number of amides is 1. The highest BCUT2D eigenvalue weighted by Crippen LogP contribution is 2.26. The van der Waals surface area contributed by atoms with Crippen molar-refractivity contribution in [1.82, 2.24) is 25.5 Å². The monoisotopic (exact) mass is 305 g/mol. The summed E-state index contributed by atoms with van der Waals surface area (Å²) in [5, 5.41) is 14.9. The molecule has 0 spiro atoms. The van der Waals surface area contributed by atoms with Crippen molar-refractivity contribution in [2.45, 2.75) is 12.3 Å². The molecule has 2 heterocycles. The van der Waals surface area contributed by atoms with Gasteiger partial charge in [-0.3, -0.25) is 4.79 Å². The molecule has 1 aromatic heterocycles. The number of rotatable bonds is 3. The van der Waals surface area contributed by atoms with Crippen molar-refractivity contribution in [3.63, 3.8) is 0 Å². The van der Waals surface area contributed by atoms with E-state index in [1.807, 2.05) is 54.6 Å². The van der Waals surface area contributed by atoms with Crippen molar-refractivity contribution in [3.05, 3.63) is 60.2 Å². The summed E-state index contributed by atoms with van der Waals surface area (Å²) < 4.78 is 1.72. The number of para-hydroxylation sites is 1. The van der Waals surface area contributed by atoms with E-state index in [2.05, 4.69) is 20.8 Å². The number of nitrogens with zero attached hydrogens (tertiary/aromatic N) is 4. The lowest BCUT2D eigenvalue weighted by atomic mass is 9.97.